The number of hydrogen-bond donors (Lipinski definition) is 1. The molecule has 29 heavy (non-hydrogen) atoms. The van der Waals surface area contributed by atoms with Crippen LogP contribution < -0.4 is 10.1 Å². The van der Waals surface area contributed by atoms with Crippen LogP contribution in [0.25, 0.3) is 0 Å². The highest BCUT2D eigenvalue weighted by molar-refractivity contribution is 7.71. The topological polar surface area (TPSA) is 95.6 Å². The van der Waals surface area contributed by atoms with Crippen molar-refractivity contribution in [2.45, 2.75) is 20.1 Å². The summed E-state index contributed by atoms with van der Waals surface area (Å²) in [7, 11) is 0. The van der Waals surface area contributed by atoms with Gasteiger partial charge in [0.1, 0.15) is 12.3 Å². The van der Waals surface area contributed by atoms with Crippen LogP contribution >= 0.6 is 12.2 Å². The van der Waals surface area contributed by atoms with E-state index in [9.17, 15) is 9.59 Å². The molecule has 1 N–H and O–H groups in total. The van der Waals surface area contributed by atoms with Gasteiger partial charge in [0.25, 0.3) is 10.7 Å². The van der Waals surface area contributed by atoms with E-state index in [1.165, 1.54) is 4.68 Å². The van der Waals surface area contributed by atoms with E-state index in [0.29, 0.717) is 23.6 Å². The fraction of sp³-hybridized carbons (Fsp3) is 0.200. The molecule has 0 saturated heterocycles. The summed E-state index contributed by atoms with van der Waals surface area (Å²) in [5.41, 5.74) is 0.942. The second-order valence-corrected chi connectivity index (χ2v) is 6.22. The third-order valence-electron chi connectivity index (χ3n) is 3.73. The molecular formula is C20H19N3O5S. The van der Waals surface area contributed by atoms with Crippen molar-refractivity contribution >= 4 is 29.8 Å². The molecule has 3 rings (SSSR count). The summed E-state index contributed by atoms with van der Waals surface area (Å²) in [6.45, 7) is 2.01. The third-order valence-corrected chi connectivity index (χ3v) is 4.02. The van der Waals surface area contributed by atoms with Gasteiger partial charge in [0.15, 0.2) is 6.61 Å². The highest BCUT2D eigenvalue weighted by Crippen LogP contribution is 2.12. The number of carbonyl (C=O) groups excluding carboxylic acids is 2. The number of esters is 1. The average Bonchev–Trinajstić information content (AvgIpc) is 3.07. The highest BCUT2D eigenvalue weighted by Gasteiger charge is 2.11. The molecule has 0 spiro atoms. The Morgan fingerprint density at radius 3 is 2.55 bits per heavy atom. The van der Waals surface area contributed by atoms with Crippen LogP contribution in [0.4, 0.5) is 5.69 Å². The zero-order valence-electron chi connectivity index (χ0n) is 15.7. The van der Waals surface area contributed by atoms with E-state index >= 15 is 0 Å². The van der Waals surface area contributed by atoms with Crippen LogP contribution in [0, 0.1) is 4.84 Å². The monoisotopic (exact) mass is 413 g/mol. The molecule has 3 aromatic rings. The molecule has 2 aromatic carbocycles. The van der Waals surface area contributed by atoms with Crippen LogP contribution in [-0.4, -0.2) is 28.3 Å². The van der Waals surface area contributed by atoms with E-state index in [4.69, 9.17) is 26.1 Å². The quantitative estimate of drug-likeness (QED) is 0.445. The standard InChI is InChI=1S/C20H19N3O5S/c1-2-26-19(25)14-8-10-15(11-9-14)21-17(24)12-23-20(29)28-18(22-23)13-27-16-6-4-3-5-7-16/h3-11H,2,12-13H2,1H3,(H,21,24). The van der Waals surface area contributed by atoms with E-state index < -0.39 is 5.97 Å². The number of nitrogens with zero attached hydrogens (tertiary/aromatic N) is 2. The second-order valence-electron chi connectivity index (χ2n) is 5.87. The fourth-order valence-electron chi connectivity index (χ4n) is 2.41. The lowest BCUT2D eigenvalue weighted by Gasteiger charge is -2.06. The van der Waals surface area contributed by atoms with Gasteiger partial charge in [0.2, 0.25) is 5.91 Å². The third kappa shape index (κ3) is 5.76. The van der Waals surface area contributed by atoms with Crippen LogP contribution in [-0.2, 0) is 22.7 Å². The first kappa shape index (κ1) is 20.3. The van der Waals surface area contributed by atoms with Crippen LogP contribution in [0.5, 0.6) is 5.75 Å². The Morgan fingerprint density at radius 1 is 1.14 bits per heavy atom. The molecule has 8 nitrogen and oxygen atoms in total. The molecule has 1 aromatic heterocycles. The van der Waals surface area contributed by atoms with Gasteiger partial charge in [-0.3, -0.25) is 4.79 Å². The number of carbonyl (C=O) groups is 2. The van der Waals surface area contributed by atoms with Gasteiger partial charge < -0.3 is 19.2 Å². The van der Waals surface area contributed by atoms with Crippen LogP contribution in [0.2, 0.25) is 0 Å². The van der Waals surface area contributed by atoms with E-state index in [0.717, 1.165) is 0 Å². The highest BCUT2D eigenvalue weighted by atomic mass is 32.1. The molecule has 9 heteroatoms. The molecular weight excluding hydrogens is 394 g/mol. The van der Waals surface area contributed by atoms with Crippen LogP contribution in [0.1, 0.15) is 23.2 Å². The van der Waals surface area contributed by atoms with Crippen molar-refractivity contribution in [3.05, 3.63) is 70.9 Å². The maximum absolute atomic E-state index is 12.3. The zero-order valence-corrected chi connectivity index (χ0v) is 16.5. The van der Waals surface area contributed by atoms with Crippen molar-refractivity contribution in [2.24, 2.45) is 0 Å². The van der Waals surface area contributed by atoms with E-state index in [1.807, 2.05) is 30.3 Å². The van der Waals surface area contributed by atoms with Gasteiger partial charge in [0.05, 0.1) is 12.2 Å². The summed E-state index contributed by atoms with van der Waals surface area (Å²) in [5.74, 6) is 0.191. The maximum Gasteiger partial charge on any atom is 0.338 e. The number of para-hydroxylation sites is 1. The minimum absolute atomic E-state index is 0.0736. The van der Waals surface area contributed by atoms with Crippen LogP contribution in [0.15, 0.2) is 59.0 Å². The number of nitrogens with one attached hydrogen (secondary N) is 1. The SMILES string of the molecule is CCOC(=O)c1ccc(NC(=O)Cn2nc(COc3ccccc3)oc2=S)cc1. The van der Waals surface area contributed by atoms with Gasteiger partial charge in [-0.1, -0.05) is 18.2 Å². The molecule has 1 amide bonds. The Labute approximate surface area is 172 Å². The van der Waals surface area contributed by atoms with Crippen molar-refractivity contribution in [3.63, 3.8) is 0 Å². The Hall–Kier alpha value is -3.46. The number of ether oxygens (including phenoxy) is 2. The van der Waals surface area contributed by atoms with Gasteiger partial charge in [-0.25, -0.2) is 9.48 Å². The fourth-order valence-corrected chi connectivity index (χ4v) is 2.61. The number of amides is 1. The number of rotatable bonds is 8. The minimum atomic E-state index is -0.412. The van der Waals surface area contributed by atoms with E-state index in [-0.39, 0.29) is 29.8 Å². The Bertz CT molecular complexity index is 1030. The molecule has 0 atom stereocenters. The smallest absolute Gasteiger partial charge is 0.338 e. The van der Waals surface area contributed by atoms with Gasteiger partial charge in [-0.2, -0.15) is 0 Å². The largest absolute Gasteiger partial charge is 0.484 e. The van der Waals surface area contributed by atoms with E-state index in [2.05, 4.69) is 10.4 Å². The molecule has 1 heterocycles. The molecule has 0 aliphatic rings. The van der Waals surface area contributed by atoms with Gasteiger partial charge in [-0.15, -0.1) is 5.10 Å². The summed E-state index contributed by atoms with van der Waals surface area (Å²) in [5, 5.41) is 6.87. The first-order chi connectivity index (χ1) is 14.0. The van der Waals surface area contributed by atoms with Crippen molar-refractivity contribution < 1.29 is 23.5 Å². The summed E-state index contributed by atoms with van der Waals surface area (Å²) in [6.07, 6.45) is 0. The zero-order chi connectivity index (χ0) is 20.6. The first-order valence-electron chi connectivity index (χ1n) is 8.87. The van der Waals surface area contributed by atoms with Crippen molar-refractivity contribution in [1.29, 1.82) is 0 Å². The first-order valence-corrected chi connectivity index (χ1v) is 9.27. The molecule has 0 unspecified atom stereocenters. The van der Waals surface area contributed by atoms with Crippen molar-refractivity contribution in [1.82, 2.24) is 9.78 Å². The normalized spacial score (nSPS) is 10.4. The van der Waals surface area contributed by atoms with Gasteiger partial charge >= 0.3 is 5.97 Å². The number of aromatic nitrogens is 2. The minimum Gasteiger partial charge on any atom is -0.484 e. The second kappa shape index (κ2) is 9.65. The van der Waals surface area contributed by atoms with E-state index in [1.54, 1.807) is 31.2 Å². The number of anilines is 1. The molecule has 0 fully saturated rings. The maximum atomic E-state index is 12.3. The summed E-state index contributed by atoms with van der Waals surface area (Å²) < 4.78 is 17.1. The predicted octanol–water partition coefficient (Wildman–Crippen LogP) is 3.60. The molecule has 150 valence electrons. The number of benzene rings is 2. The molecule has 0 aliphatic carbocycles. The Morgan fingerprint density at radius 2 is 1.86 bits per heavy atom. The molecule has 0 bridgehead atoms. The molecule has 0 saturated carbocycles. The van der Waals surface area contributed by atoms with Gasteiger partial charge in [-0.05, 0) is 55.5 Å². The Kier molecular flexibility index (Phi) is 6.75. The van der Waals surface area contributed by atoms with Gasteiger partial charge in [0, 0.05) is 5.69 Å². The predicted molar refractivity (Wildman–Crippen MR) is 107 cm³/mol. The molecule has 0 radical (unpaired) electrons. The lowest BCUT2D eigenvalue weighted by molar-refractivity contribution is -0.117. The lowest BCUT2D eigenvalue weighted by atomic mass is 10.2. The lowest BCUT2D eigenvalue weighted by Crippen LogP contribution is -2.19. The van der Waals surface area contributed by atoms with Crippen LogP contribution in [0.3, 0.4) is 0 Å². The van der Waals surface area contributed by atoms with Crippen molar-refractivity contribution in [2.75, 3.05) is 11.9 Å². The van der Waals surface area contributed by atoms with Crippen molar-refractivity contribution in [3.8, 4) is 5.75 Å². The summed E-state index contributed by atoms with van der Waals surface area (Å²) in [4.78, 5) is 24.0. The Balaban J connectivity index is 1.56. The summed E-state index contributed by atoms with van der Waals surface area (Å²) >= 11 is 5.10. The molecule has 0 aliphatic heterocycles. The number of hydrogen-bond acceptors (Lipinski definition) is 7. The average molecular weight is 413 g/mol. The summed E-state index contributed by atoms with van der Waals surface area (Å²) in [6, 6.07) is 15.6.